The number of carbonyl (C=O) groups is 1. The van der Waals surface area contributed by atoms with E-state index in [1.807, 2.05) is 30.5 Å². The quantitative estimate of drug-likeness (QED) is 0.945. The topological polar surface area (TPSA) is 48.0 Å². The Bertz CT molecular complexity index is 534. The number of carbonyl (C=O) groups excluding carboxylic acids is 1. The van der Waals surface area contributed by atoms with Gasteiger partial charge in [0.05, 0.1) is 0 Å². The minimum absolute atomic E-state index is 0.0328. The second-order valence-corrected chi connectivity index (χ2v) is 4.70. The Kier molecular flexibility index (Phi) is 3.76. The average Bonchev–Trinajstić information content (AvgIpc) is 2.77. The molecular weight excluding hydrogens is 280 g/mol. The largest absolute Gasteiger partial charge is 0.330 e. The van der Waals surface area contributed by atoms with Crippen LogP contribution in [0.25, 0.3) is 0 Å². The van der Waals surface area contributed by atoms with Gasteiger partial charge in [0.2, 0.25) is 0 Å². The van der Waals surface area contributed by atoms with Gasteiger partial charge >= 0.3 is 0 Å². The Morgan fingerprint density at radius 2 is 2.18 bits per heavy atom. The summed E-state index contributed by atoms with van der Waals surface area (Å²) in [7, 11) is 0. The number of hydrogen-bond donors (Lipinski definition) is 1. The Balaban J connectivity index is 2.24. The second kappa shape index (κ2) is 5.29. The van der Waals surface area contributed by atoms with Crippen LogP contribution in [-0.2, 0) is 6.42 Å². The van der Waals surface area contributed by atoms with Gasteiger partial charge in [-0.25, -0.2) is 0 Å². The third-order valence-corrected chi connectivity index (χ3v) is 2.99. The molecule has 0 unspecified atom stereocenters. The van der Waals surface area contributed by atoms with E-state index in [9.17, 15) is 4.79 Å². The predicted molar refractivity (Wildman–Crippen MR) is 71.1 cm³/mol. The van der Waals surface area contributed by atoms with E-state index < -0.39 is 0 Å². The zero-order valence-corrected chi connectivity index (χ0v) is 10.9. The normalized spacial score (nSPS) is 10.5. The van der Waals surface area contributed by atoms with Gasteiger partial charge in [-0.1, -0.05) is 22.0 Å². The maximum absolute atomic E-state index is 12.1. The lowest BCUT2D eigenvalue weighted by Crippen LogP contribution is -2.09. The van der Waals surface area contributed by atoms with Crippen molar-refractivity contribution >= 4 is 21.8 Å². The highest BCUT2D eigenvalue weighted by Gasteiger charge is 2.08. The molecule has 0 aliphatic heterocycles. The fourth-order valence-electron chi connectivity index (χ4n) is 1.65. The average molecular weight is 293 g/mol. The molecule has 3 nitrogen and oxygen atoms in total. The first kappa shape index (κ1) is 12.1. The number of nitrogens with two attached hydrogens (primary N) is 1. The molecule has 0 fully saturated rings. The standard InChI is InChI=1S/C13H13BrN2O/c14-12-3-1-2-11(8-12)13(17)16-7-5-10(9-16)4-6-15/h1-3,5,7-9H,4,6,15H2. The van der Waals surface area contributed by atoms with E-state index in [0.29, 0.717) is 12.1 Å². The molecule has 0 spiro atoms. The van der Waals surface area contributed by atoms with Crippen LogP contribution in [-0.4, -0.2) is 17.0 Å². The van der Waals surface area contributed by atoms with Crippen molar-refractivity contribution in [3.05, 3.63) is 58.3 Å². The first-order chi connectivity index (χ1) is 8.20. The van der Waals surface area contributed by atoms with Crippen molar-refractivity contribution in [1.29, 1.82) is 0 Å². The highest BCUT2D eigenvalue weighted by atomic mass is 79.9. The van der Waals surface area contributed by atoms with Crippen LogP contribution in [0.1, 0.15) is 15.9 Å². The van der Waals surface area contributed by atoms with Gasteiger partial charge in [0.15, 0.2) is 0 Å². The minimum Gasteiger partial charge on any atom is -0.330 e. The van der Waals surface area contributed by atoms with E-state index in [2.05, 4.69) is 15.9 Å². The van der Waals surface area contributed by atoms with Crippen molar-refractivity contribution in [2.75, 3.05) is 6.54 Å². The van der Waals surface area contributed by atoms with Crippen molar-refractivity contribution in [3.63, 3.8) is 0 Å². The van der Waals surface area contributed by atoms with E-state index in [4.69, 9.17) is 5.73 Å². The van der Waals surface area contributed by atoms with Crippen LogP contribution in [0.4, 0.5) is 0 Å². The van der Waals surface area contributed by atoms with Gasteiger partial charge in [-0.05, 0) is 42.8 Å². The summed E-state index contributed by atoms with van der Waals surface area (Å²) in [5.74, 6) is -0.0328. The van der Waals surface area contributed by atoms with Crippen LogP contribution in [0.5, 0.6) is 0 Å². The third-order valence-electron chi connectivity index (χ3n) is 2.49. The summed E-state index contributed by atoms with van der Waals surface area (Å²) >= 11 is 3.36. The molecule has 0 atom stereocenters. The number of rotatable bonds is 3. The van der Waals surface area contributed by atoms with Gasteiger partial charge in [0, 0.05) is 22.4 Å². The summed E-state index contributed by atoms with van der Waals surface area (Å²) in [4.78, 5) is 12.1. The highest BCUT2D eigenvalue weighted by molar-refractivity contribution is 9.10. The van der Waals surface area contributed by atoms with E-state index in [-0.39, 0.29) is 5.91 Å². The van der Waals surface area contributed by atoms with E-state index >= 15 is 0 Å². The van der Waals surface area contributed by atoms with E-state index in [1.165, 1.54) is 0 Å². The van der Waals surface area contributed by atoms with Crippen LogP contribution in [0.3, 0.4) is 0 Å². The Hall–Kier alpha value is -1.39. The zero-order valence-electron chi connectivity index (χ0n) is 9.27. The van der Waals surface area contributed by atoms with Crippen LogP contribution >= 0.6 is 15.9 Å². The predicted octanol–water partition coefficient (Wildman–Crippen LogP) is 2.44. The molecular formula is C13H13BrN2O. The summed E-state index contributed by atoms with van der Waals surface area (Å²) in [6, 6.07) is 9.28. The van der Waals surface area contributed by atoms with Crippen molar-refractivity contribution in [2.45, 2.75) is 6.42 Å². The van der Waals surface area contributed by atoms with Gasteiger partial charge in [0.1, 0.15) is 0 Å². The van der Waals surface area contributed by atoms with Crippen LogP contribution in [0, 0.1) is 0 Å². The number of halogens is 1. The molecule has 0 aliphatic rings. The molecule has 0 amide bonds. The van der Waals surface area contributed by atoms with Crippen LogP contribution < -0.4 is 5.73 Å². The molecule has 2 N–H and O–H groups in total. The highest BCUT2D eigenvalue weighted by Crippen LogP contribution is 2.13. The lowest BCUT2D eigenvalue weighted by Gasteiger charge is -2.02. The van der Waals surface area contributed by atoms with Crippen molar-refractivity contribution < 1.29 is 4.79 Å². The number of aromatic nitrogens is 1. The van der Waals surface area contributed by atoms with Gasteiger partial charge < -0.3 is 5.73 Å². The molecule has 0 aliphatic carbocycles. The Morgan fingerprint density at radius 3 is 2.88 bits per heavy atom. The SMILES string of the molecule is NCCc1ccn(C(=O)c2cccc(Br)c2)c1. The molecule has 2 aromatic rings. The lowest BCUT2D eigenvalue weighted by molar-refractivity contribution is 0.0960. The molecule has 1 aromatic heterocycles. The Morgan fingerprint density at radius 1 is 1.35 bits per heavy atom. The molecule has 88 valence electrons. The van der Waals surface area contributed by atoms with Crippen molar-refractivity contribution in [1.82, 2.24) is 4.57 Å². The summed E-state index contributed by atoms with van der Waals surface area (Å²) in [6.45, 7) is 0.592. The fourth-order valence-corrected chi connectivity index (χ4v) is 2.05. The molecule has 2 rings (SSSR count). The minimum atomic E-state index is -0.0328. The zero-order chi connectivity index (χ0) is 12.3. The molecule has 17 heavy (non-hydrogen) atoms. The molecule has 1 heterocycles. The first-order valence-corrected chi connectivity index (χ1v) is 6.17. The third kappa shape index (κ3) is 2.84. The molecule has 0 radical (unpaired) electrons. The van der Waals surface area contributed by atoms with Gasteiger partial charge in [-0.15, -0.1) is 0 Å². The van der Waals surface area contributed by atoms with Crippen molar-refractivity contribution in [3.8, 4) is 0 Å². The summed E-state index contributed by atoms with van der Waals surface area (Å²) in [5, 5.41) is 0. The number of benzene rings is 1. The van der Waals surface area contributed by atoms with Gasteiger partial charge in [-0.2, -0.15) is 0 Å². The van der Waals surface area contributed by atoms with Crippen molar-refractivity contribution in [2.24, 2.45) is 5.73 Å². The summed E-state index contributed by atoms with van der Waals surface area (Å²) in [5.41, 5.74) is 7.22. The molecule has 1 aromatic carbocycles. The molecule has 4 heteroatoms. The number of nitrogens with zero attached hydrogens (tertiary/aromatic N) is 1. The monoisotopic (exact) mass is 292 g/mol. The fraction of sp³-hybridized carbons (Fsp3) is 0.154. The summed E-state index contributed by atoms with van der Waals surface area (Å²) in [6.07, 6.45) is 4.39. The Labute approximate surface area is 108 Å². The molecule has 0 bridgehead atoms. The lowest BCUT2D eigenvalue weighted by atomic mass is 10.2. The van der Waals surface area contributed by atoms with Gasteiger partial charge in [0.25, 0.3) is 5.91 Å². The van der Waals surface area contributed by atoms with E-state index in [1.54, 1.807) is 16.8 Å². The second-order valence-electron chi connectivity index (χ2n) is 3.78. The van der Waals surface area contributed by atoms with Crippen LogP contribution in [0.2, 0.25) is 0 Å². The molecule has 0 saturated carbocycles. The maximum Gasteiger partial charge on any atom is 0.261 e. The van der Waals surface area contributed by atoms with Gasteiger partial charge in [-0.3, -0.25) is 9.36 Å². The van der Waals surface area contributed by atoms with E-state index in [0.717, 1.165) is 16.5 Å². The maximum atomic E-state index is 12.1. The first-order valence-electron chi connectivity index (χ1n) is 5.38. The van der Waals surface area contributed by atoms with Crippen LogP contribution in [0.15, 0.2) is 47.2 Å². The molecule has 0 saturated heterocycles. The smallest absolute Gasteiger partial charge is 0.261 e. The number of hydrogen-bond acceptors (Lipinski definition) is 2. The summed E-state index contributed by atoms with van der Waals surface area (Å²) < 4.78 is 2.49.